The maximum Gasteiger partial charge on any atom is 0.160 e. The highest BCUT2D eigenvalue weighted by Crippen LogP contribution is 2.41. The second-order valence-electron chi connectivity index (χ2n) is 14.1. The lowest BCUT2D eigenvalue weighted by molar-refractivity contribution is 0.669. The number of nitrogens with zero attached hydrogens (tertiary/aromatic N) is 2. The van der Waals surface area contributed by atoms with Crippen molar-refractivity contribution >= 4 is 54.3 Å². The van der Waals surface area contributed by atoms with Crippen LogP contribution in [0.1, 0.15) is 0 Å². The summed E-state index contributed by atoms with van der Waals surface area (Å²) in [5.74, 6) is 0.680. The molecule has 0 aliphatic rings. The molecule has 9 aromatic carbocycles. The van der Waals surface area contributed by atoms with E-state index in [4.69, 9.17) is 14.4 Å². The average molecular weight is 701 g/mol. The minimum absolute atomic E-state index is 0.680. The van der Waals surface area contributed by atoms with Crippen LogP contribution in [0.15, 0.2) is 199 Å². The van der Waals surface area contributed by atoms with Crippen LogP contribution in [0.3, 0.4) is 0 Å². The Balaban J connectivity index is 1.06. The Labute approximate surface area is 317 Å². The summed E-state index contributed by atoms with van der Waals surface area (Å²) in [6.07, 6.45) is 0. The van der Waals surface area contributed by atoms with Crippen LogP contribution in [0.25, 0.3) is 110 Å². The fraction of sp³-hybridized carbons (Fsp3) is 0. The first kappa shape index (κ1) is 31.2. The zero-order valence-electron chi connectivity index (χ0n) is 29.8. The molecule has 0 saturated carbocycles. The van der Waals surface area contributed by atoms with Gasteiger partial charge in [0.2, 0.25) is 0 Å². The number of aromatic nitrogens is 2. The number of rotatable bonds is 5. The van der Waals surface area contributed by atoms with Gasteiger partial charge in [0.1, 0.15) is 11.2 Å². The second-order valence-corrected chi connectivity index (χ2v) is 14.1. The lowest BCUT2D eigenvalue weighted by Crippen LogP contribution is -1.97. The Hall–Kier alpha value is -7.36. The van der Waals surface area contributed by atoms with E-state index in [1.807, 2.05) is 18.2 Å². The molecule has 0 bridgehead atoms. The van der Waals surface area contributed by atoms with Gasteiger partial charge in [0, 0.05) is 27.5 Å². The summed E-state index contributed by atoms with van der Waals surface area (Å²) in [6.45, 7) is 0. The van der Waals surface area contributed by atoms with E-state index in [9.17, 15) is 0 Å². The van der Waals surface area contributed by atoms with E-state index >= 15 is 0 Å². The molecular weight excluding hydrogens is 669 g/mol. The fourth-order valence-electron chi connectivity index (χ4n) is 8.24. The van der Waals surface area contributed by atoms with Gasteiger partial charge in [-0.1, -0.05) is 164 Å². The predicted octanol–water partition coefficient (Wildman–Crippen LogP) is 14.2. The molecule has 0 N–H and O–H groups in total. The highest BCUT2D eigenvalue weighted by molar-refractivity contribution is 6.20. The molecule has 2 heterocycles. The molecule has 2 aromatic heterocycles. The summed E-state index contributed by atoms with van der Waals surface area (Å²) in [4.78, 5) is 10.5. The summed E-state index contributed by atoms with van der Waals surface area (Å²) < 4.78 is 6.30. The number of furan rings is 1. The highest BCUT2D eigenvalue weighted by Gasteiger charge is 2.17. The van der Waals surface area contributed by atoms with Crippen LogP contribution >= 0.6 is 0 Å². The minimum atomic E-state index is 0.680. The van der Waals surface area contributed by atoms with Crippen LogP contribution in [-0.4, -0.2) is 9.97 Å². The summed E-state index contributed by atoms with van der Waals surface area (Å²) in [5.41, 5.74) is 11.1. The quantitative estimate of drug-likeness (QED) is 0.133. The van der Waals surface area contributed by atoms with Crippen LogP contribution in [0.4, 0.5) is 0 Å². The van der Waals surface area contributed by atoms with Crippen molar-refractivity contribution in [1.82, 2.24) is 9.97 Å². The standard InChI is InChI=1S/C52H32N2O/c1-2-13-34(14-3-1)47-32-48(42-19-9-8-17-40(42)38-27-28-44-43-20-10-11-21-49(43)55-50(44)31-38)54-52(53-47)36-24-22-35(23-25-36)51-41-18-7-5-15-37(41)30-46-39-16-6-4-12-33(39)26-29-45(46)51/h1-32H. The van der Waals surface area contributed by atoms with Gasteiger partial charge in [-0.3, -0.25) is 0 Å². The van der Waals surface area contributed by atoms with Gasteiger partial charge >= 0.3 is 0 Å². The van der Waals surface area contributed by atoms with Crippen molar-refractivity contribution in [3.05, 3.63) is 194 Å². The van der Waals surface area contributed by atoms with Crippen molar-refractivity contribution < 1.29 is 4.42 Å². The molecule has 0 unspecified atom stereocenters. The van der Waals surface area contributed by atoms with Crippen LogP contribution in [0, 0.1) is 0 Å². The van der Waals surface area contributed by atoms with E-state index in [1.165, 1.54) is 37.9 Å². The summed E-state index contributed by atoms with van der Waals surface area (Å²) >= 11 is 0. The predicted molar refractivity (Wildman–Crippen MR) is 229 cm³/mol. The third-order valence-electron chi connectivity index (χ3n) is 10.9. The first-order valence-electron chi connectivity index (χ1n) is 18.6. The molecule has 0 aliphatic heterocycles. The van der Waals surface area contributed by atoms with Crippen molar-refractivity contribution in [1.29, 1.82) is 0 Å². The number of fused-ring (bicyclic) bond motifs is 7. The topological polar surface area (TPSA) is 38.9 Å². The number of benzene rings is 9. The SMILES string of the molecule is c1ccc(-c2cc(-c3ccccc3-c3ccc4c(c3)oc3ccccc34)nc(-c3ccc(-c4c5ccccc5cc5c4ccc4ccccc45)cc3)n2)cc1. The Morgan fingerprint density at radius 3 is 1.78 bits per heavy atom. The molecule has 3 heteroatoms. The van der Waals surface area contributed by atoms with Crippen LogP contribution < -0.4 is 0 Å². The average Bonchev–Trinajstić information content (AvgIpc) is 3.64. The van der Waals surface area contributed by atoms with Crippen molar-refractivity contribution in [3.8, 4) is 56.2 Å². The van der Waals surface area contributed by atoms with Gasteiger partial charge in [-0.2, -0.15) is 0 Å². The first-order valence-corrected chi connectivity index (χ1v) is 18.6. The van der Waals surface area contributed by atoms with Crippen molar-refractivity contribution in [2.24, 2.45) is 0 Å². The lowest BCUT2D eigenvalue weighted by Gasteiger charge is -2.15. The Morgan fingerprint density at radius 2 is 0.927 bits per heavy atom. The minimum Gasteiger partial charge on any atom is -0.456 e. The largest absolute Gasteiger partial charge is 0.456 e. The van der Waals surface area contributed by atoms with E-state index in [2.05, 4.69) is 176 Å². The van der Waals surface area contributed by atoms with E-state index in [-0.39, 0.29) is 0 Å². The maximum atomic E-state index is 6.30. The zero-order valence-corrected chi connectivity index (χ0v) is 29.8. The van der Waals surface area contributed by atoms with Gasteiger partial charge < -0.3 is 4.42 Å². The normalized spacial score (nSPS) is 11.6. The maximum absolute atomic E-state index is 6.30. The molecule has 256 valence electrons. The van der Waals surface area contributed by atoms with Crippen molar-refractivity contribution in [3.63, 3.8) is 0 Å². The number of hydrogen-bond acceptors (Lipinski definition) is 3. The lowest BCUT2D eigenvalue weighted by atomic mass is 9.89. The smallest absolute Gasteiger partial charge is 0.160 e. The van der Waals surface area contributed by atoms with Gasteiger partial charge in [-0.15, -0.1) is 0 Å². The second kappa shape index (κ2) is 12.6. The Kier molecular flexibility index (Phi) is 7.17. The molecule has 11 rings (SSSR count). The van der Waals surface area contributed by atoms with Gasteiger partial charge in [0.05, 0.1) is 11.4 Å². The summed E-state index contributed by atoms with van der Waals surface area (Å²) in [7, 11) is 0. The molecule has 0 fully saturated rings. The van der Waals surface area contributed by atoms with Gasteiger partial charge in [-0.25, -0.2) is 9.97 Å². The Bertz CT molecular complexity index is 3250. The Morgan fingerprint density at radius 1 is 0.309 bits per heavy atom. The molecule has 0 aliphatic carbocycles. The number of para-hydroxylation sites is 1. The van der Waals surface area contributed by atoms with Crippen LogP contribution in [0.2, 0.25) is 0 Å². The molecule has 0 radical (unpaired) electrons. The van der Waals surface area contributed by atoms with E-state index in [0.29, 0.717) is 5.82 Å². The van der Waals surface area contributed by atoms with Gasteiger partial charge in [0.15, 0.2) is 5.82 Å². The third-order valence-corrected chi connectivity index (χ3v) is 10.9. The third kappa shape index (κ3) is 5.28. The fourth-order valence-corrected chi connectivity index (χ4v) is 8.24. The van der Waals surface area contributed by atoms with Crippen molar-refractivity contribution in [2.45, 2.75) is 0 Å². The van der Waals surface area contributed by atoms with E-state index in [0.717, 1.165) is 66.7 Å². The van der Waals surface area contributed by atoms with E-state index < -0.39 is 0 Å². The molecule has 55 heavy (non-hydrogen) atoms. The molecule has 0 spiro atoms. The first-order chi connectivity index (χ1) is 27.2. The monoisotopic (exact) mass is 700 g/mol. The van der Waals surface area contributed by atoms with Crippen LogP contribution in [-0.2, 0) is 0 Å². The molecule has 0 amide bonds. The molecule has 0 atom stereocenters. The molecule has 3 nitrogen and oxygen atoms in total. The molecule has 0 saturated heterocycles. The van der Waals surface area contributed by atoms with Crippen LogP contribution in [0.5, 0.6) is 0 Å². The zero-order chi connectivity index (χ0) is 36.3. The van der Waals surface area contributed by atoms with E-state index in [1.54, 1.807) is 0 Å². The molecular formula is C52H32N2O. The van der Waals surface area contributed by atoms with Crippen molar-refractivity contribution in [2.75, 3.05) is 0 Å². The van der Waals surface area contributed by atoms with Gasteiger partial charge in [0.25, 0.3) is 0 Å². The van der Waals surface area contributed by atoms with Gasteiger partial charge in [-0.05, 0) is 84.9 Å². The summed E-state index contributed by atoms with van der Waals surface area (Å²) in [5, 5.41) is 9.71. The highest BCUT2D eigenvalue weighted by atomic mass is 16.3. The molecule has 11 aromatic rings. The summed E-state index contributed by atoms with van der Waals surface area (Å²) in [6, 6.07) is 68.6. The number of hydrogen-bond donors (Lipinski definition) is 0.